The van der Waals surface area contributed by atoms with Gasteiger partial charge in [0, 0.05) is 31.6 Å². The van der Waals surface area contributed by atoms with Gasteiger partial charge in [-0.2, -0.15) is 0 Å². The Labute approximate surface area is 108 Å². The van der Waals surface area contributed by atoms with Crippen molar-refractivity contribution in [3.8, 4) is 0 Å². The summed E-state index contributed by atoms with van der Waals surface area (Å²) in [5, 5.41) is 3.16. The predicted octanol–water partition coefficient (Wildman–Crippen LogP) is 0.509. The third-order valence-electron chi connectivity index (χ3n) is 3.76. The van der Waals surface area contributed by atoms with Crippen LogP contribution < -0.4 is 11.1 Å². The van der Waals surface area contributed by atoms with Crippen LogP contribution in [0.2, 0.25) is 0 Å². The summed E-state index contributed by atoms with van der Waals surface area (Å²) in [5.74, 6) is 1.12. The van der Waals surface area contributed by atoms with Gasteiger partial charge in [0.2, 0.25) is 5.91 Å². The van der Waals surface area contributed by atoms with Crippen LogP contribution in [0.4, 0.5) is 0 Å². The molecule has 1 aliphatic carbocycles. The van der Waals surface area contributed by atoms with E-state index in [4.69, 9.17) is 18.0 Å². The highest BCUT2D eigenvalue weighted by molar-refractivity contribution is 7.80. The van der Waals surface area contributed by atoms with E-state index in [0.717, 1.165) is 32.4 Å². The lowest BCUT2D eigenvalue weighted by Gasteiger charge is -2.32. The molecule has 1 saturated heterocycles. The Kier molecular flexibility index (Phi) is 3.99. The third-order valence-corrected chi connectivity index (χ3v) is 3.89. The van der Waals surface area contributed by atoms with E-state index in [1.165, 1.54) is 0 Å². The van der Waals surface area contributed by atoms with Crippen LogP contribution >= 0.6 is 12.2 Å². The first kappa shape index (κ1) is 12.8. The summed E-state index contributed by atoms with van der Waals surface area (Å²) in [7, 11) is 0. The average molecular weight is 255 g/mol. The van der Waals surface area contributed by atoms with Crippen LogP contribution in [0.5, 0.6) is 0 Å². The number of nitrogens with one attached hydrogen (secondary N) is 1. The molecule has 0 spiro atoms. The highest BCUT2D eigenvalue weighted by atomic mass is 32.1. The van der Waals surface area contributed by atoms with E-state index >= 15 is 0 Å². The van der Waals surface area contributed by atoms with Crippen molar-refractivity contribution in [2.75, 3.05) is 19.6 Å². The Morgan fingerprint density at radius 3 is 2.53 bits per heavy atom. The topological polar surface area (TPSA) is 58.4 Å². The molecule has 5 heteroatoms. The summed E-state index contributed by atoms with van der Waals surface area (Å²) in [6.07, 6.45) is 3.08. The van der Waals surface area contributed by atoms with Crippen LogP contribution in [0.25, 0.3) is 0 Å². The summed E-state index contributed by atoms with van der Waals surface area (Å²) < 4.78 is 0. The fourth-order valence-electron chi connectivity index (χ4n) is 2.45. The number of carbonyl (C=O) groups excluding carboxylic acids is 1. The monoisotopic (exact) mass is 255 g/mol. The smallest absolute Gasteiger partial charge is 0.223 e. The van der Waals surface area contributed by atoms with Gasteiger partial charge >= 0.3 is 0 Å². The van der Waals surface area contributed by atoms with Gasteiger partial charge in [-0.25, -0.2) is 0 Å². The highest BCUT2D eigenvalue weighted by Crippen LogP contribution is 2.37. The highest BCUT2D eigenvalue weighted by Gasteiger charge is 2.39. The average Bonchev–Trinajstić information content (AvgIpc) is 2.98. The Morgan fingerprint density at radius 2 is 2.06 bits per heavy atom. The normalized spacial score (nSPS) is 29.9. The molecule has 2 unspecified atom stereocenters. The quantitative estimate of drug-likeness (QED) is 0.719. The zero-order valence-corrected chi connectivity index (χ0v) is 11.1. The third kappa shape index (κ3) is 3.64. The van der Waals surface area contributed by atoms with Crippen molar-refractivity contribution in [3.63, 3.8) is 0 Å². The first-order chi connectivity index (χ1) is 8.06. The summed E-state index contributed by atoms with van der Waals surface area (Å²) >= 11 is 4.90. The van der Waals surface area contributed by atoms with Gasteiger partial charge in [-0.1, -0.05) is 19.1 Å². The lowest BCUT2D eigenvalue weighted by molar-refractivity contribution is -0.123. The van der Waals surface area contributed by atoms with E-state index in [2.05, 4.69) is 17.1 Å². The van der Waals surface area contributed by atoms with E-state index < -0.39 is 0 Å². The maximum Gasteiger partial charge on any atom is 0.223 e. The molecule has 2 fully saturated rings. The van der Waals surface area contributed by atoms with Crippen molar-refractivity contribution < 1.29 is 4.79 Å². The van der Waals surface area contributed by atoms with Gasteiger partial charge in [0.05, 0.1) is 4.99 Å². The molecule has 1 heterocycles. The van der Waals surface area contributed by atoms with Crippen molar-refractivity contribution in [1.82, 2.24) is 10.2 Å². The summed E-state index contributed by atoms with van der Waals surface area (Å²) in [4.78, 5) is 14.6. The zero-order valence-electron chi connectivity index (χ0n) is 10.3. The molecule has 0 bridgehead atoms. The second kappa shape index (κ2) is 5.31. The summed E-state index contributed by atoms with van der Waals surface area (Å²) in [6, 6.07) is 0.345. The molecule has 0 aromatic rings. The molecule has 4 nitrogen and oxygen atoms in total. The number of likely N-dealkylation sites (tertiary alicyclic amines) is 1. The Morgan fingerprint density at radius 1 is 1.47 bits per heavy atom. The summed E-state index contributed by atoms with van der Waals surface area (Å²) in [5.41, 5.74) is 5.52. The Balaban J connectivity index is 1.68. The molecule has 1 amide bonds. The molecule has 2 rings (SSSR count). The number of rotatable bonds is 4. The molecule has 17 heavy (non-hydrogen) atoms. The zero-order chi connectivity index (χ0) is 12.4. The van der Waals surface area contributed by atoms with Crippen LogP contribution in [0.15, 0.2) is 0 Å². The minimum Gasteiger partial charge on any atom is -0.392 e. The largest absolute Gasteiger partial charge is 0.392 e. The number of hydrogen-bond donors (Lipinski definition) is 2. The van der Waals surface area contributed by atoms with Crippen molar-refractivity contribution >= 4 is 23.1 Å². The molecule has 2 atom stereocenters. The molecule has 1 saturated carbocycles. The van der Waals surface area contributed by atoms with Crippen molar-refractivity contribution in [1.29, 1.82) is 0 Å². The minimum atomic E-state index is 0.255. The minimum absolute atomic E-state index is 0.255. The number of nitrogens with two attached hydrogens (primary N) is 1. The van der Waals surface area contributed by atoms with Crippen LogP contribution in [0.1, 0.15) is 26.2 Å². The van der Waals surface area contributed by atoms with Crippen LogP contribution in [0, 0.1) is 11.8 Å². The molecule has 2 aliphatic rings. The first-order valence-corrected chi connectivity index (χ1v) is 6.78. The Bertz CT molecular complexity index is 313. The number of thiocarbonyl (C=S) groups is 1. The van der Waals surface area contributed by atoms with Gasteiger partial charge in [-0.15, -0.1) is 0 Å². The predicted molar refractivity (Wildman–Crippen MR) is 71.7 cm³/mol. The second-order valence-electron chi connectivity index (χ2n) is 5.34. The molecule has 1 aliphatic heterocycles. The fraction of sp³-hybridized carbons (Fsp3) is 0.833. The Hall–Kier alpha value is -0.680. The number of amides is 1. The fourth-order valence-corrected chi connectivity index (χ4v) is 2.63. The lowest BCUT2D eigenvalue weighted by atomic mass is 10.0. The lowest BCUT2D eigenvalue weighted by Crippen LogP contribution is -2.46. The maximum atomic E-state index is 11.8. The molecular formula is C12H21N3OS. The van der Waals surface area contributed by atoms with Crippen molar-refractivity contribution in [3.05, 3.63) is 0 Å². The van der Waals surface area contributed by atoms with Crippen LogP contribution in [0.3, 0.4) is 0 Å². The van der Waals surface area contributed by atoms with E-state index in [9.17, 15) is 4.79 Å². The van der Waals surface area contributed by atoms with Gasteiger partial charge in [-0.05, 0) is 25.2 Å². The van der Waals surface area contributed by atoms with Gasteiger partial charge in [0.15, 0.2) is 0 Å². The maximum absolute atomic E-state index is 11.8. The van der Waals surface area contributed by atoms with Gasteiger partial charge < -0.3 is 11.1 Å². The standard InChI is InChI=1S/C12H21N3OS/c1-8-6-10(8)12(16)14-9-2-4-15(5-3-9)7-11(13)17/h8-10H,2-7H2,1H3,(H2,13,17)(H,14,16). The molecular weight excluding hydrogens is 234 g/mol. The van der Waals surface area contributed by atoms with Crippen molar-refractivity contribution in [2.24, 2.45) is 17.6 Å². The van der Waals surface area contributed by atoms with Gasteiger partial charge in [-0.3, -0.25) is 9.69 Å². The van der Waals surface area contributed by atoms with Crippen LogP contribution in [-0.4, -0.2) is 41.5 Å². The number of nitrogens with zero attached hydrogens (tertiary/aromatic N) is 1. The number of hydrogen-bond acceptors (Lipinski definition) is 3. The van der Waals surface area contributed by atoms with Crippen molar-refractivity contribution in [2.45, 2.75) is 32.2 Å². The molecule has 3 N–H and O–H groups in total. The summed E-state index contributed by atoms with van der Waals surface area (Å²) in [6.45, 7) is 4.79. The van der Waals surface area contributed by atoms with Gasteiger partial charge in [0.25, 0.3) is 0 Å². The van der Waals surface area contributed by atoms with Gasteiger partial charge in [0.1, 0.15) is 0 Å². The molecule has 96 valence electrons. The second-order valence-corrected chi connectivity index (χ2v) is 5.87. The molecule has 0 radical (unpaired) electrons. The number of piperidine rings is 1. The van der Waals surface area contributed by atoms with E-state index in [0.29, 0.717) is 23.5 Å². The van der Waals surface area contributed by atoms with E-state index in [1.807, 2.05) is 0 Å². The SMILES string of the molecule is CC1CC1C(=O)NC1CCN(CC(N)=S)CC1. The van der Waals surface area contributed by atoms with Crippen LogP contribution in [-0.2, 0) is 4.79 Å². The number of carbonyl (C=O) groups is 1. The molecule has 0 aromatic heterocycles. The molecule has 0 aromatic carbocycles. The van der Waals surface area contributed by atoms with E-state index in [1.54, 1.807) is 0 Å². The van der Waals surface area contributed by atoms with E-state index in [-0.39, 0.29) is 11.8 Å². The first-order valence-electron chi connectivity index (χ1n) is 6.37.